The van der Waals surface area contributed by atoms with Gasteiger partial charge in [0.05, 0.1) is 12.1 Å². The minimum atomic E-state index is -0.360. The Labute approximate surface area is 164 Å². The number of amides is 1. The zero-order valence-corrected chi connectivity index (χ0v) is 16.1. The summed E-state index contributed by atoms with van der Waals surface area (Å²) in [4.78, 5) is 16.7. The lowest BCUT2D eigenvalue weighted by molar-refractivity contribution is 0.0950. The van der Waals surface area contributed by atoms with Crippen LogP contribution in [0.4, 0.5) is 4.39 Å². The van der Waals surface area contributed by atoms with Gasteiger partial charge in [-0.1, -0.05) is 32.3 Å². The van der Waals surface area contributed by atoms with E-state index < -0.39 is 0 Å². The number of ether oxygens (including phenoxy) is 1. The molecule has 0 spiro atoms. The predicted molar refractivity (Wildman–Crippen MR) is 109 cm³/mol. The van der Waals surface area contributed by atoms with Gasteiger partial charge in [-0.25, -0.2) is 4.39 Å². The molecule has 0 radical (unpaired) electrons. The van der Waals surface area contributed by atoms with Crippen molar-refractivity contribution in [3.63, 3.8) is 0 Å². The first kappa shape index (κ1) is 19.8. The van der Waals surface area contributed by atoms with E-state index in [4.69, 9.17) is 4.74 Å². The third-order valence-electron chi connectivity index (χ3n) is 4.59. The minimum Gasteiger partial charge on any atom is -0.494 e. The molecule has 0 atom stereocenters. The number of hydrogen-bond donors (Lipinski definition) is 1. The van der Waals surface area contributed by atoms with E-state index in [2.05, 4.69) is 17.2 Å². The van der Waals surface area contributed by atoms with E-state index in [0.717, 1.165) is 23.7 Å². The number of pyridine rings is 1. The number of nitrogens with one attached hydrogen (secondary N) is 1. The van der Waals surface area contributed by atoms with Crippen molar-refractivity contribution >= 4 is 16.8 Å². The van der Waals surface area contributed by atoms with Crippen LogP contribution in [0.3, 0.4) is 0 Å². The van der Waals surface area contributed by atoms with E-state index in [-0.39, 0.29) is 18.3 Å². The summed E-state index contributed by atoms with van der Waals surface area (Å²) in [6.45, 7) is 2.88. The molecule has 0 aliphatic rings. The molecule has 0 fully saturated rings. The number of aromatic nitrogens is 1. The summed E-state index contributed by atoms with van der Waals surface area (Å²) >= 11 is 0. The maximum atomic E-state index is 14.1. The lowest BCUT2D eigenvalue weighted by Crippen LogP contribution is -2.23. The molecule has 3 rings (SSSR count). The molecule has 0 saturated carbocycles. The summed E-state index contributed by atoms with van der Waals surface area (Å²) in [6.07, 6.45) is 6.18. The molecular formula is C23H25FN2O2. The van der Waals surface area contributed by atoms with Gasteiger partial charge in [0, 0.05) is 29.3 Å². The molecule has 1 aromatic heterocycles. The van der Waals surface area contributed by atoms with Crippen molar-refractivity contribution in [3.8, 4) is 5.75 Å². The highest BCUT2D eigenvalue weighted by Gasteiger charge is 2.10. The zero-order chi connectivity index (χ0) is 19.8. The van der Waals surface area contributed by atoms with Crippen LogP contribution in [0.1, 0.15) is 48.5 Å². The van der Waals surface area contributed by atoms with Gasteiger partial charge in [-0.05, 0) is 48.9 Å². The number of carbonyl (C=O) groups excluding carboxylic acids is 1. The molecule has 146 valence electrons. The Balaban J connectivity index is 1.59. The molecule has 3 aromatic rings. The Bertz CT molecular complexity index is 943. The van der Waals surface area contributed by atoms with Crippen molar-refractivity contribution in [1.82, 2.24) is 10.3 Å². The smallest absolute Gasteiger partial charge is 0.251 e. The van der Waals surface area contributed by atoms with E-state index in [1.165, 1.54) is 18.9 Å². The van der Waals surface area contributed by atoms with Gasteiger partial charge in [0.2, 0.25) is 0 Å². The van der Waals surface area contributed by atoms with Crippen LogP contribution in [0.15, 0.2) is 54.7 Å². The van der Waals surface area contributed by atoms with E-state index >= 15 is 0 Å². The van der Waals surface area contributed by atoms with Crippen LogP contribution < -0.4 is 10.1 Å². The van der Waals surface area contributed by atoms with Crippen molar-refractivity contribution in [3.05, 3.63) is 71.7 Å². The molecule has 1 N–H and O–H groups in total. The molecule has 0 saturated heterocycles. The van der Waals surface area contributed by atoms with Crippen molar-refractivity contribution in [2.24, 2.45) is 0 Å². The average Bonchev–Trinajstić information content (AvgIpc) is 2.73. The number of rotatable bonds is 9. The highest BCUT2D eigenvalue weighted by atomic mass is 19.1. The summed E-state index contributed by atoms with van der Waals surface area (Å²) < 4.78 is 19.8. The van der Waals surface area contributed by atoms with Gasteiger partial charge in [-0.2, -0.15) is 0 Å². The molecule has 0 aliphatic heterocycles. The second-order valence-corrected chi connectivity index (χ2v) is 6.76. The van der Waals surface area contributed by atoms with Gasteiger partial charge in [0.25, 0.3) is 5.91 Å². The zero-order valence-electron chi connectivity index (χ0n) is 16.1. The van der Waals surface area contributed by atoms with E-state index in [0.29, 0.717) is 23.5 Å². The number of fused-ring (bicyclic) bond motifs is 1. The first-order chi connectivity index (χ1) is 13.7. The van der Waals surface area contributed by atoms with Crippen LogP contribution >= 0.6 is 0 Å². The van der Waals surface area contributed by atoms with Gasteiger partial charge in [0.15, 0.2) is 0 Å². The maximum absolute atomic E-state index is 14.1. The van der Waals surface area contributed by atoms with Crippen LogP contribution in [0.2, 0.25) is 0 Å². The highest BCUT2D eigenvalue weighted by Crippen LogP contribution is 2.18. The first-order valence-electron chi connectivity index (χ1n) is 9.71. The molecule has 0 bridgehead atoms. The summed E-state index contributed by atoms with van der Waals surface area (Å²) in [5.41, 5.74) is 1.75. The van der Waals surface area contributed by atoms with Gasteiger partial charge in [0.1, 0.15) is 11.6 Å². The predicted octanol–water partition coefficient (Wildman–Crippen LogP) is 5.26. The molecule has 2 aromatic carbocycles. The second-order valence-electron chi connectivity index (χ2n) is 6.76. The first-order valence-corrected chi connectivity index (χ1v) is 9.71. The fourth-order valence-electron chi connectivity index (χ4n) is 2.99. The molecule has 0 aliphatic carbocycles. The summed E-state index contributed by atoms with van der Waals surface area (Å²) in [5.74, 6) is 0.0105. The Kier molecular flexibility index (Phi) is 6.95. The van der Waals surface area contributed by atoms with E-state index in [9.17, 15) is 9.18 Å². The number of nitrogens with zero attached hydrogens (tertiary/aromatic N) is 1. The fourth-order valence-corrected chi connectivity index (χ4v) is 2.99. The third kappa shape index (κ3) is 5.28. The van der Waals surface area contributed by atoms with Crippen LogP contribution in [-0.4, -0.2) is 17.5 Å². The van der Waals surface area contributed by atoms with Crippen LogP contribution in [0.25, 0.3) is 10.9 Å². The number of unbranched alkanes of at least 4 members (excludes halogenated alkanes) is 3. The lowest BCUT2D eigenvalue weighted by atomic mass is 10.1. The summed E-state index contributed by atoms with van der Waals surface area (Å²) in [6, 6.07) is 13.7. The van der Waals surface area contributed by atoms with Gasteiger partial charge < -0.3 is 10.1 Å². The largest absolute Gasteiger partial charge is 0.494 e. The Hall–Kier alpha value is -2.95. The topological polar surface area (TPSA) is 51.2 Å². The third-order valence-corrected chi connectivity index (χ3v) is 4.59. The van der Waals surface area contributed by atoms with Crippen molar-refractivity contribution in [2.45, 2.75) is 39.2 Å². The Morgan fingerprint density at radius 2 is 2.00 bits per heavy atom. The summed E-state index contributed by atoms with van der Waals surface area (Å²) in [5, 5.41) is 3.67. The monoisotopic (exact) mass is 380 g/mol. The van der Waals surface area contributed by atoms with E-state index in [1.807, 2.05) is 12.1 Å². The van der Waals surface area contributed by atoms with E-state index in [1.54, 1.807) is 36.5 Å². The molecule has 1 amide bonds. The standard InChI is InChI=1S/C23H25FN2O2/c1-2-3-4-5-13-28-20-9-10-21(24)19(15-20)16-26-23(27)18-8-11-22-17(14-18)7-6-12-25-22/h6-12,14-15H,2-5,13,16H2,1H3,(H,26,27). The number of carbonyl (C=O) groups is 1. The SMILES string of the molecule is CCCCCCOc1ccc(F)c(CNC(=O)c2ccc3ncccc3c2)c1. The normalized spacial score (nSPS) is 10.8. The Morgan fingerprint density at radius 1 is 1.11 bits per heavy atom. The average molecular weight is 380 g/mol. The molecule has 1 heterocycles. The summed E-state index contributed by atoms with van der Waals surface area (Å²) in [7, 11) is 0. The molecule has 5 heteroatoms. The van der Waals surface area contributed by atoms with Gasteiger partial charge in [-0.3, -0.25) is 9.78 Å². The van der Waals surface area contributed by atoms with Crippen LogP contribution in [-0.2, 0) is 6.54 Å². The molecule has 0 unspecified atom stereocenters. The van der Waals surface area contributed by atoms with Crippen LogP contribution in [0, 0.1) is 5.82 Å². The maximum Gasteiger partial charge on any atom is 0.251 e. The number of halogens is 1. The van der Waals surface area contributed by atoms with Crippen molar-refractivity contribution < 1.29 is 13.9 Å². The molecule has 28 heavy (non-hydrogen) atoms. The van der Waals surface area contributed by atoms with Crippen LogP contribution in [0.5, 0.6) is 5.75 Å². The van der Waals surface area contributed by atoms with Crippen molar-refractivity contribution in [1.29, 1.82) is 0 Å². The lowest BCUT2D eigenvalue weighted by Gasteiger charge is -2.10. The quantitative estimate of drug-likeness (QED) is 0.515. The Morgan fingerprint density at radius 3 is 2.86 bits per heavy atom. The van der Waals surface area contributed by atoms with Crippen molar-refractivity contribution in [2.75, 3.05) is 6.61 Å². The molecular weight excluding hydrogens is 355 g/mol. The second kappa shape index (κ2) is 9.83. The van der Waals surface area contributed by atoms with Gasteiger partial charge >= 0.3 is 0 Å². The fraction of sp³-hybridized carbons (Fsp3) is 0.304. The molecule has 4 nitrogen and oxygen atoms in total. The highest BCUT2D eigenvalue weighted by molar-refractivity contribution is 5.97. The minimum absolute atomic E-state index is 0.1000. The number of benzene rings is 2. The number of hydrogen-bond acceptors (Lipinski definition) is 3. The van der Waals surface area contributed by atoms with Gasteiger partial charge in [-0.15, -0.1) is 0 Å².